The van der Waals surface area contributed by atoms with Crippen LogP contribution in [-0.4, -0.2) is 55.6 Å². The number of thioether (sulfide) groups is 2. The molecule has 0 aromatic heterocycles. The number of carbonyl (C=O) groups is 6. The number of hydrogen-bond donors (Lipinski definition) is 0. The molecule has 3 saturated carbocycles. The van der Waals surface area contributed by atoms with Crippen molar-refractivity contribution in [3.63, 3.8) is 0 Å². The Kier molecular flexibility index (Phi) is 19.6. The number of nitrogens with zero attached hydrogens (tertiary/aromatic N) is 2. The highest BCUT2D eigenvalue weighted by molar-refractivity contribution is 8.24. The lowest BCUT2D eigenvalue weighted by molar-refractivity contribution is -0.152. The summed E-state index contributed by atoms with van der Waals surface area (Å²) in [4.78, 5) is 80.7. The normalized spacial score (nSPS) is 22.7. The minimum absolute atomic E-state index is 0.0811. The van der Waals surface area contributed by atoms with E-state index in [1.165, 1.54) is 55.6 Å². The molecular formula is C54H64N2O12S2. The molecule has 16 heteroatoms. The van der Waals surface area contributed by atoms with E-state index < -0.39 is 47.1 Å². The second-order valence-electron chi connectivity index (χ2n) is 19.5. The van der Waals surface area contributed by atoms with E-state index in [1.807, 2.05) is 26.8 Å². The van der Waals surface area contributed by atoms with Crippen LogP contribution >= 0.6 is 23.5 Å². The summed E-state index contributed by atoms with van der Waals surface area (Å²) in [7, 11) is 0. The molecule has 1 aliphatic heterocycles. The zero-order chi connectivity index (χ0) is 50.4. The van der Waals surface area contributed by atoms with Crippen LogP contribution in [0.3, 0.4) is 0 Å². The molecule has 1 heterocycles. The van der Waals surface area contributed by atoms with Crippen LogP contribution in [0.1, 0.15) is 135 Å². The van der Waals surface area contributed by atoms with Crippen LogP contribution in [0.2, 0.25) is 0 Å². The molecule has 374 valence electrons. The molecule has 70 heavy (non-hydrogen) atoms. The molecule has 2 aromatic rings. The molecule has 14 nitrogen and oxygen atoms in total. The first-order valence-corrected chi connectivity index (χ1v) is 26.2. The van der Waals surface area contributed by atoms with Crippen molar-refractivity contribution in [2.24, 2.45) is 35.5 Å². The Balaban J connectivity index is 1.01. The highest BCUT2D eigenvalue weighted by atomic mass is 32.2. The maximum absolute atomic E-state index is 14.0. The number of benzene rings is 2. The van der Waals surface area contributed by atoms with Gasteiger partial charge >= 0.3 is 35.8 Å². The van der Waals surface area contributed by atoms with Gasteiger partial charge in [-0.15, -0.1) is 0 Å². The molecule has 0 unspecified atom stereocenters. The minimum Gasteiger partial charge on any atom is -0.465 e. The molecule has 0 saturated heterocycles. The topological polar surface area (TPSA) is 186 Å². The van der Waals surface area contributed by atoms with Crippen LogP contribution in [0.15, 0.2) is 62.7 Å². The molecule has 3 aliphatic carbocycles. The minimum atomic E-state index is -0.627. The first kappa shape index (κ1) is 53.8. The van der Waals surface area contributed by atoms with Gasteiger partial charge in [0.1, 0.15) is 30.5 Å². The fraction of sp³-hybridized carbons (Fsp3) is 0.556. The summed E-state index contributed by atoms with van der Waals surface area (Å²) >= 11 is 2.37. The molecule has 0 bridgehead atoms. The van der Waals surface area contributed by atoms with Crippen molar-refractivity contribution in [1.29, 1.82) is 5.26 Å². The van der Waals surface area contributed by atoms with Crippen LogP contribution in [0.25, 0.3) is 4.85 Å². The molecule has 0 spiro atoms. The average molecular weight is 997 g/mol. The van der Waals surface area contributed by atoms with Crippen LogP contribution in [0, 0.1) is 53.4 Å². The predicted octanol–water partition coefficient (Wildman–Crippen LogP) is 11.2. The van der Waals surface area contributed by atoms with Crippen molar-refractivity contribution in [1.82, 2.24) is 0 Å². The van der Waals surface area contributed by atoms with E-state index in [-0.39, 0.29) is 50.2 Å². The highest BCUT2D eigenvalue weighted by Crippen LogP contribution is 2.61. The first-order chi connectivity index (χ1) is 33.6. The lowest BCUT2D eigenvalue weighted by Crippen LogP contribution is -2.31. The largest absolute Gasteiger partial charge is 0.465 e. The number of carbonyl (C=O) groups excluding carboxylic acids is 6. The predicted molar refractivity (Wildman–Crippen MR) is 262 cm³/mol. The fourth-order valence-corrected chi connectivity index (χ4v) is 12.2. The molecule has 0 N–H and O–H groups in total. The lowest BCUT2D eigenvalue weighted by atomic mass is 9.69. The zero-order valence-corrected chi connectivity index (χ0v) is 42.3. The number of esters is 6. The highest BCUT2D eigenvalue weighted by Gasteiger charge is 2.39. The third kappa shape index (κ3) is 14.7. The molecule has 2 aromatic carbocycles. The SMILES string of the molecule is [C-]#[N+]/C(C#N)=C1/Sc2c(OC(=O)C3CCC(C4CCC(CC)CC4)CC3)cc(C(C)(C)C)c(OC(=O)C3CCC(C(=O)Oc4ccc(CCOC(=O)CCC(=O)OCCOC(=O)C=C)cc4)CC3)c2S1. The third-order valence-corrected chi connectivity index (χ3v) is 16.5. The van der Waals surface area contributed by atoms with E-state index in [0.29, 0.717) is 74.9 Å². The molecule has 6 rings (SSSR count). The quantitative estimate of drug-likeness (QED) is 0.0261. The monoisotopic (exact) mass is 996 g/mol. The maximum Gasteiger partial charge on any atom is 0.330 e. The Morgan fingerprint density at radius 2 is 1.24 bits per heavy atom. The summed E-state index contributed by atoms with van der Waals surface area (Å²) in [5, 5.41) is 9.83. The van der Waals surface area contributed by atoms with Gasteiger partial charge in [-0.25, -0.2) is 14.9 Å². The van der Waals surface area contributed by atoms with Crippen molar-refractivity contribution in [2.75, 3.05) is 19.8 Å². The summed E-state index contributed by atoms with van der Waals surface area (Å²) in [6.45, 7) is 19.0. The van der Waals surface area contributed by atoms with E-state index in [4.69, 9.17) is 35.0 Å². The Morgan fingerprint density at radius 3 is 1.79 bits per heavy atom. The number of ether oxygens (including phenoxy) is 6. The van der Waals surface area contributed by atoms with E-state index in [0.717, 1.165) is 49.2 Å². The first-order valence-electron chi connectivity index (χ1n) is 24.5. The number of allylic oxidation sites excluding steroid dienone is 1. The number of fused-ring (bicyclic) bond motifs is 1. The summed E-state index contributed by atoms with van der Waals surface area (Å²) in [6.07, 6.45) is 12.7. The fourth-order valence-electron chi connectivity index (χ4n) is 9.69. The van der Waals surface area contributed by atoms with E-state index in [2.05, 4.69) is 18.3 Å². The van der Waals surface area contributed by atoms with Crippen molar-refractivity contribution in [3.8, 4) is 23.3 Å². The van der Waals surface area contributed by atoms with Gasteiger partial charge in [0.05, 0.1) is 63.9 Å². The van der Waals surface area contributed by atoms with Gasteiger partial charge in [0.2, 0.25) is 0 Å². The molecule has 4 aliphatic rings. The number of nitriles is 1. The zero-order valence-electron chi connectivity index (χ0n) is 40.7. The van der Waals surface area contributed by atoms with Crippen LogP contribution in [0.5, 0.6) is 17.2 Å². The molecular weight excluding hydrogens is 933 g/mol. The number of hydrogen-bond acceptors (Lipinski definition) is 15. The second-order valence-corrected chi connectivity index (χ2v) is 21.8. The van der Waals surface area contributed by atoms with Crippen molar-refractivity contribution in [3.05, 3.63) is 75.5 Å². The van der Waals surface area contributed by atoms with Gasteiger partial charge in [-0.2, -0.15) is 0 Å². The van der Waals surface area contributed by atoms with Crippen LogP contribution < -0.4 is 14.2 Å². The van der Waals surface area contributed by atoms with Gasteiger partial charge in [0.25, 0.3) is 5.70 Å². The molecule has 0 radical (unpaired) electrons. The molecule has 0 atom stereocenters. The van der Waals surface area contributed by atoms with E-state index >= 15 is 0 Å². The van der Waals surface area contributed by atoms with Gasteiger partial charge in [0.15, 0.2) is 0 Å². The lowest BCUT2D eigenvalue weighted by Gasteiger charge is -2.37. The van der Waals surface area contributed by atoms with Crippen molar-refractivity contribution < 1.29 is 57.2 Å². The van der Waals surface area contributed by atoms with Gasteiger partial charge in [-0.05, 0) is 111 Å². The van der Waals surface area contributed by atoms with Crippen LogP contribution in [-0.2, 0) is 54.8 Å². The number of rotatable bonds is 18. The maximum atomic E-state index is 14.0. The second kappa shape index (κ2) is 25.5. The van der Waals surface area contributed by atoms with Gasteiger partial charge in [0, 0.05) is 18.1 Å². The summed E-state index contributed by atoms with van der Waals surface area (Å²) < 4.78 is 33.6. The molecule has 3 fully saturated rings. The summed E-state index contributed by atoms with van der Waals surface area (Å²) in [5.74, 6) is -0.805. The van der Waals surface area contributed by atoms with E-state index in [9.17, 15) is 34.0 Å². The van der Waals surface area contributed by atoms with Gasteiger partial charge < -0.3 is 28.4 Å². The molecule has 0 amide bonds. The average Bonchev–Trinajstić information content (AvgIpc) is 3.81. The standard InChI is InChI=1S/C54H64N2O12S2/c1-7-33-9-13-35(14-10-33)36-15-17-38(18-16-36)51(61)67-43-31-41(54(3,4)5)47(49-48(43)69-53(70-49)42(32-55)56-6)68-52(62)39-21-19-37(20-22-39)50(60)66-40-23-11-34(12-24-40)27-28-63-45(58)25-26-46(59)65-30-29-64-44(57)8-2/h8,11-12,23-24,31,33,35-39H,2,7,9-10,13-22,25-30H2,1,3-5H3/b53-42-. The summed E-state index contributed by atoms with van der Waals surface area (Å²) in [5.41, 5.74) is 0.843. The van der Waals surface area contributed by atoms with Crippen LogP contribution in [0.4, 0.5) is 0 Å². The smallest absolute Gasteiger partial charge is 0.330 e. The Hall–Kier alpha value is -5.58. The van der Waals surface area contributed by atoms with Gasteiger partial charge in [-0.3, -0.25) is 24.0 Å². The Labute approximate surface area is 419 Å². The van der Waals surface area contributed by atoms with E-state index in [1.54, 1.807) is 30.3 Å². The van der Waals surface area contributed by atoms with Crippen molar-refractivity contribution in [2.45, 2.75) is 146 Å². The third-order valence-electron chi connectivity index (χ3n) is 13.9. The Bertz CT molecular complexity index is 2350. The van der Waals surface area contributed by atoms with Crippen molar-refractivity contribution >= 4 is 59.3 Å². The van der Waals surface area contributed by atoms with Gasteiger partial charge in [-0.1, -0.05) is 89.2 Å². The summed E-state index contributed by atoms with van der Waals surface area (Å²) in [6, 6.07) is 10.6. The Morgan fingerprint density at radius 1 is 0.729 bits per heavy atom.